The van der Waals surface area contributed by atoms with E-state index in [0.717, 1.165) is 12.0 Å². The van der Waals surface area contributed by atoms with Crippen LogP contribution in [0.3, 0.4) is 0 Å². The second kappa shape index (κ2) is 6.45. The number of rotatable bonds is 4. The molecule has 0 unspecified atom stereocenters. The van der Waals surface area contributed by atoms with Gasteiger partial charge in [0.2, 0.25) is 11.8 Å². The Labute approximate surface area is 142 Å². The number of nitrogens with one attached hydrogen (secondary N) is 1. The van der Waals surface area contributed by atoms with Gasteiger partial charge in [0.25, 0.3) is 0 Å². The molecule has 2 heterocycles. The molecular formula is C17H26N4O3. The number of ether oxygens (including phenoxy) is 2. The second-order valence-electron chi connectivity index (χ2n) is 7.49. The Morgan fingerprint density at radius 3 is 2.71 bits per heavy atom. The van der Waals surface area contributed by atoms with Crippen LogP contribution in [0.15, 0.2) is 6.20 Å². The Morgan fingerprint density at radius 2 is 2.08 bits per heavy atom. The van der Waals surface area contributed by atoms with E-state index in [0.29, 0.717) is 30.8 Å². The highest BCUT2D eigenvalue weighted by atomic mass is 16.6. The SMILES string of the molecule is COc1nc(N[C@@H]2CCN(C(=O)OC(C)(C)C)C2)ncc1C1CC1. The van der Waals surface area contributed by atoms with Crippen molar-refractivity contribution < 1.29 is 14.3 Å². The molecule has 0 aromatic carbocycles. The van der Waals surface area contributed by atoms with E-state index in [9.17, 15) is 4.79 Å². The molecule has 0 bridgehead atoms. The molecule has 0 spiro atoms. The van der Waals surface area contributed by atoms with Crippen LogP contribution in [0, 0.1) is 0 Å². The molecule has 1 N–H and O–H groups in total. The van der Waals surface area contributed by atoms with Crippen LogP contribution in [0.25, 0.3) is 0 Å². The number of methoxy groups -OCH3 is 1. The van der Waals surface area contributed by atoms with Gasteiger partial charge in [0, 0.05) is 30.9 Å². The minimum Gasteiger partial charge on any atom is -0.481 e. The van der Waals surface area contributed by atoms with Crippen molar-refractivity contribution in [2.45, 2.75) is 57.6 Å². The summed E-state index contributed by atoms with van der Waals surface area (Å²) in [7, 11) is 1.64. The molecule has 1 aromatic rings. The number of nitrogens with zero attached hydrogens (tertiary/aromatic N) is 3. The van der Waals surface area contributed by atoms with Gasteiger partial charge in [-0.25, -0.2) is 9.78 Å². The zero-order valence-corrected chi connectivity index (χ0v) is 14.8. The summed E-state index contributed by atoms with van der Waals surface area (Å²) in [5.41, 5.74) is 0.613. The molecule has 2 fully saturated rings. The number of likely N-dealkylation sites (tertiary alicyclic amines) is 1. The monoisotopic (exact) mass is 334 g/mol. The number of amides is 1. The van der Waals surface area contributed by atoms with Crippen LogP contribution in [-0.4, -0.2) is 52.8 Å². The van der Waals surface area contributed by atoms with Gasteiger partial charge in [-0.1, -0.05) is 0 Å². The minimum atomic E-state index is -0.474. The highest BCUT2D eigenvalue weighted by molar-refractivity contribution is 5.68. The molecule has 1 saturated heterocycles. The van der Waals surface area contributed by atoms with E-state index < -0.39 is 5.60 Å². The minimum absolute atomic E-state index is 0.119. The molecular weight excluding hydrogens is 308 g/mol. The zero-order valence-electron chi connectivity index (χ0n) is 14.8. The maximum absolute atomic E-state index is 12.1. The van der Waals surface area contributed by atoms with Gasteiger partial charge in [0.15, 0.2) is 0 Å². The van der Waals surface area contributed by atoms with Crippen molar-refractivity contribution >= 4 is 12.0 Å². The van der Waals surface area contributed by atoms with Crippen LogP contribution in [0.1, 0.15) is 51.5 Å². The van der Waals surface area contributed by atoms with Crippen LogP contribution in [-0.2, 0) is 4.74 Å². The molecule has 0 radical (unpaired) electrons. The number of hydrogen-bond acceptors (Lipinski definition) is 6. The predicted molar refractivity (Wildman–Crippen MR) is 90.4 cm³/mol. The largest absolute Gasteiger partial charge is 0.481 e. The summed E-state index contributed by atoms with van der Waals surface area (Å²) in [6.45, 7) is 6.88. The third-order valence-corrected chi connectivity index (χ3v) is 4.16. The molecule has 1 saturated carbocycles. The van der Waals surface area contributed by atoms with Crippen LogP contribution >= 0.6 is 0 Å². The van der Waals surface area contributed by atoms with Gasteiger partial charge in [-0.05, 0) is 46.0 Å². The fourth-order valence-electron chi connectivity index (χ4n) is 2.84. The van der Waals surface area contributed by atoms with Crippen LogP contribution in [0.5, 0.6) is 5.88 Å². The van der Waals surface area contributed by atoms with Gasteiger partial charge in [-0.15, -0.1) is 0 Å². The fourth-order valence-corrected chi connectivity index (χ4v) is 2.84. The molecule has 7 nitrogen and oxygen atoms in total. The summed E-state index contributed by atoms with van der Waals surface area (Å²) in [5, 5.41) is 3.30. The smallest absolute Gasteiger partial charge is 0.410 e. The fraction of sp³-hybridized carbons (Fsp3) is 0.706. The number of aromatic nitrogens is 2. The highest BCUT2D eigenvalue weighted by Gasteiger charge is 2.31. The molecule has 7 heteroatoms. The first-order valence-electron chi connectivity index (χ1n) is 8.51. The van der Waals surface area contributed by atoms with Crippen molar-refractivity contribution in [3.05, 3.63) is 11.8 Å². The second-order valence-corrected chi connectivity index (χ2v) is 7.49. The molecule has 132 valence electrons. The van der Waals surface area contributed by atoms with E-state index in [1.54, 1.807) is 12.0 Å². The lowest BCUT2D eigenvalue weighted by Crippen LogP contribution is -2.36. The van der Waals surface area contributed by atoms with Gasteiger partial charge in [0.05, 0.1) is 7.11 Å². The molecule has 2 aliphatic rings. The standard InChI is InChI=1S/C17H26N4O3/c1-17(2,3)24-16(22)21-8-7-12(10-21)19-15-18-9-13(11-5-6-11)14(20-15)23-4/h9,11-12H,5-8,10H2,1-4H3,(H,18,19,20)/t12-/m1/s1. The Morgan fingerprint density at radius 1 is 1.33 bits per heavy atom. The van der Waals surface area contributed by atoms with E-state index in [-0.39, 0.29) is 12.1 Å². The van der Waals surface area contributed by atoms with E-state index in [1.807, 2.05) is 27.0 Å². The molecule has 1 atom stereocenters. The Kier molecular flexibility index (Phi) is 4.51. The van der Waals surface area contributed by atoms with Crippen molar-refractivity contribution in [3.8, 4) is 5.88 Å². The van der Waals surface area contributed by atoms with Crippen LogP contribution < -0.4 is 10.1 Å². The lowest BCUT2D eigenvalue weighted by atomic mass is 10.2. The van der Waals surface area contributed by atoms with Gasteiger partial charge < -0.3 is 19.7 Å². The van der Waals surface area contributed by atoms with Crippen molar-refractivity contribution in [1.29, 1.82) is 0 Å². The molecule has 1 aromatic heterocycles. The first-order chi connectivity index (χ1) is 11.4. The lowest BCUT2D eigenvalue weighted by molar-refractivity contribution is 0.0293. The predicted octanol–water partition coefficient (Wildman–Crippen LogP) is 2.78. The van der Waals surface area contributed by atoms with Crippen molar-refractivity contribution in [2.24, 2.45) is 0 Å². The van der Waals surface area contributed by atoms with Gasteiger partial charge >= 0.3 is 6.09 Å². The topological polar surface area (TPSA) is 76.6 Å². The van der Waals surface area contributed by atoms with Crippen molar-refractivity contribution in [2.75, 3.05) is 25.5 Å². The summed E-state index contributed by atoms with van der Waals surface area (Å²) < 4.78 is 10.8. The molecule has 24 heavy (non-hydrogen) atoms. The van der Waals surface area contributed by atoms with E-state index >= 15 is 0 Å². The third kappa shape index (κ3) is 4.07. The van der Waals surface area contributed by atoms with Crippen LogP contribution in [0.2, 0.25) is 0 Å². The van der Waals surface area contributed by atoms with Crippen molar-refractivity contribution in [1.82, 2.24) is 14.9 Å². The van der Waals surface area contributed by atoms with E-state index in [2.05, 4.69) is 15.3 Å². The summed E-state index contributed by atoms with van der Waals surface area (Å²) in [6.07, 6.45) is 4.79. The maximum atomic E-state index is 12.1. The number of hydrogen-bond donors (Lipinski definition) is 1. The lowest BCUT2D eigenvalue weighted by Gasteiger charge is -2.24. The van der Waals surface area contributed by atoms with E-state index in [1.165, 1.54) is 12.8 Å². The van der Waals surface area contributed by atoms with Crippen molar-refractivity contribution in [3.63, 3.8) is 0 Å². The number of carbonyl (C=O) groups is 1. The molecule has 3 rings (SSSR count). The molecule has 1 aliphatic carbocycles. The molecule has 1 amide bonds. The summed E-state index contributed by atoms with van der Waals surface area (Å²) in [6, 6.07) is 0.119. The normalized spacial score (nSPS) is 20.8. The third-order valence-electron chi connectivity index (χ3n) is 4.16. The average molecular weight is 334 g/mol. The van der Waals surface area contributed by atoms with Crippen LogP contribution in [0.4, 0.5) is 10.7 Å². The first kappa shape index (κ1) is 16.8. The van der Waals surface area contributed by atoms with E-state index in [4.69, 9.17) is 9.47 Å². The number of anilines is 1. The average Bonchev–Trinajstić information content (AvgIpc) is 3.24. The summed E-state index contributed by atoms with van der Waals surface area (Å²) in [4.78, 5) is 22.7. The Balaban J connectivity index is 1.58. The highest BCUT2D eigenvalue weighted by Crippen LogP contribution is 2.43. The van der Waals surface area contributed by atoms with Gasteiger partial charge in [-0.2, -0.15) is 4.98 Å². The summed E-state index contributed by atoms with van der Waals surface area (Å²) in [5.74, 6) is 1.74. The first-order valence-corrected chi connectivity index (χ1v) is 8.51. The maximum Gasteiger partial charge on any atom is 0.410 e. The summed E-state index contributed by atoms with van der Waals surface area (Å²) >= 11 is 0. The van der Waals surface area contributed by atoms with Gasteiger partial charge in [0.1, 0.15) is 5.60 Å². The zero-order chi connectivity index (χ0) is 17.3. The Bertz CT molecular complexity index is 610. The molecule has 1 aliphatic heterocycles. The quantitative estimate of drug-likeness (QED) is 0.912. The number of carbonyl (C=O) groups excluding carboxylic acids is 1. The Hall–Kier alpha value is -2.05. The van der Waals surface area contributed by atoms with Gasteiger partial charge in [-0.3, -0.25) is 0 Å².